The molecular weight excluding hydrogens is 370 g/mol. The Bertz CT molecular complexity index is 825. The van der Waals surface area contributed by atoms with Gasteiger partial charge < -0.3 is 10.6 Å². The lowest BCUT2D eigenvalue weighted by Gasteiger charge is -2.31. The number of carbonyl (C=O) groups is 1. The molecule has 26 heavy (non-hydrogen) atoms. The molecule has 140 valence electrons. The van der Waals surface area contributed by atoms with Crippen molar-refractivity contribution in [3.05, 3.63) is 47.3 Å². The van der Waals surface area contributed by atoms with Gasteiger partial charge in [0.15, 0.2) is 0 Å². The van der Waals surface area contributed by atoms with Gasteiger partial charge in [-0.25, -0.2) is 8.42 Å². The van der Waals surface area contributed by atoms with E-state index < -0.39 is 10.0 Å². The van der Waals surface area contributed by atoms with Gasteiger partial charge >= 0.3 is 0 Å². The maximum atomic E-state index is 12.4. The highest BCUT2D eigenvalue weighted by Gasteiger charge is 2.22. The van der Waals surface area contributed by atoms with E-state index in [2.05, 4.69) is 4.72 Å². The van der Waals surface area contributed by atoms with E-state index in [0.717, 1.165) is 31.5 Å². The molecule has 0 unspecified atom stereocenters. The van der Waals surface area contributed by atoms with E-state index in [1.807, 2.05) is 4.90 Å². The van der Waals surface area contributed by atoms with Crippen molar-refractivity contribution in [2.75, 3.05) is 24.4 Å². The maximum Gasteiger partial charge on any atom is 0.271 e. The molecule has 2 aromatic rings. The minimum Gasteiger partial charge on any atom is -0.342 e. The van der Waals surface area contributed by atoms with Gasteiger partial charge in [-0.1, -0.05) is 18.2 Å². The lowest BCUT2D eigenvalue weighted by molar-refractivity contribution is -0.131. The topological polar surface area (TPSA) is 92.5 Å². The quantitative estimate of drug-likeness (QED) is 0.787. The fraction of sp³-hybridized carbons (Fsp3) is 0.389. The zero-order chi connectivity index (χ0) is 18.6. The van der Waals surface area contributed by atoms with E-state index in [1.165, 1.54) is 11.3 Å². The summed E-state index contributed by atoms with van der Waals surface area (Å²) < 4.78 is 27.3. The third-order valence-corrected chi connectivity index (χ3v) is 7.40. The van der Waals surface area contributed by atoms with E-state index in [1.54, 1.807) is 41.8 Å². The molecule has 0 saturated carbocycles. The van der Waals surface area contributed by atoms with E-state index in [0.29, 0.717) is 24.6 Å². The number of benzene rings is 1. The number of carbonyl (C=O) groups excluding carboxylic acids is 1. The summed E-state index contributed by atoms with van der Waals surface area (Å²) in [5.74, 6) is 0.627. The number of thiophene rings is 1. The van der Waals surface area contributed by atoms with Crippen molar-refractivity contribution in [3.63, 3.8) is 0 Å². The molecule has 6 nitrogen and oxygen atoms in total. The van der Waals surface area contributed by atoms with Crippen molar-refractivity contribution in [1.29, 1.82) is 0 Å². The summed E-state index contributed by atoms with van der Waals surface area (Å²) in [6, 6.07) is 10.2. The zero-order valence-corrected chi connectivity index (χ0v) is 16.1. The Kier molecular flexibility index (Phi) is 5.95. The summed E-state index contributed by atoms with van der Waals surface area (Å²) in [7, 11) is -3.55. The van der Waals surface area contributed by atoms with Gasteiger partial charge in [0, 0.05) is 18.8 Å². The Morgan fingerprint density at radius 1 is 1.19 bits per heavy atom. The van der Waals surface area contributed by atoms with Crippen LogP contribution in [-0.2, 0) is 21.2 Å². The third kappa shape index (κ3) is 4.63. The van der Waals surface area contributed by atoms with Crippen LogP contribution >= 0.6 is 11.3 Å². The number of piperidine rings is 1. The normalized spacial score (nSPS) is 15.8. The number of anilines is 1. The number of likely N-dealkylation sites (tertiary alicyclic amines) is 1. The number of sulfonamides is 1. The fourth-order valence-corrected chi connectivity index (χ4v) is 5.07. The molecule has 1 fully saturated rings. The van der Waals surface area contributed by atoms with Crippen molar-refractivity contribution >= 4 is 33.0 Å². The molecule has 0 radical (unpaired) electrons. The highest BCUT2D eigenvalue weighted by atomic mass is 32.2. The van der Waals surface area contributed by atoms with Crippen LogP contribution in [0.1, 0.15) is 18.4 Å². The van der Waals surface area contributed by atoms with Crippen LogP contribution < -0.4 is 10.5 Å². The molecule has 1 aromatic carbocycles. The van der Waals surface area contributed by atoms with E-state index in [9.17, 15) is 13.2 Å². The molecule has 0 bridgehead atoms. The molecule has 1 aliphatic heterocycles. The van der Waals surface area contributed by atoms with Crippen molar-refractivity contribution in [2.24, 2.45) is 11.7 Å². The first-order valence-electron chi connectivity index (χ1n) is 8.61. The Hall–Kier alpha value is -1.90. The first-order chi connectivity index (χ1) is 12.5. The first kappa shape index (κ1) is 18.9. The molecule has 1 aromatic heterocycles. The molecule has 3 rings (SSSR count). The second-order valence-corrected chi connectivity index (χ2v) is 9.33. The molecule has 1 saturated heterocycles. The van der Waals surface area contributed by atoms with Crippen molar-refractivity contribution in [2.45, 2.75) is 23.5 Å². The summed E-state index contributed by atoms with van der Waals surface area (Å²) in [5, 5.41) is 1.72. The predicted molar refractivity (Wildman–Crippen MR) is 104 cm³/mol. The molecule has 8 heteroatoms. The van der Waals surface area contributed by atoms with Gasteiger partial charge in [0.25, 0.3) is 10.0 Å². The Labute approximate surface area is 158 Å². The van der Waals surface area contributed by atoms with E-state index in [4.69, 9.17) is 5.73 Å². The Balaban J connectivity index is 1.57. The zero-order valence-electron chi connectivity index (χ0n) is 14.4. The van der Waals surface area contributed by atoms with Gasteiger partial charge in [-0.3, -0.25) is 9.52 Å². The molecular formula is C18H23N3O3S2. The minimum absolute atomic E-state index is 0.104. The van der Waals surface area contributed by atoms with Gasteiger partial charge in [-0.15, -0.1) is 11.3 Å². The smallest absolute Gasteiger partial charge is 0.271 e. The van der Waals surface area contributed by atoms with Gasteiger partial charge in [0.05, 0.1) is 6.42 Å². The van der Waals surface area contributed by atoms with Crippen molar-refractivity contribution in [1.82, 2.24) is 4.90 Å². The number of rotatable bonds is 6. The number of nitrogens with zero attached hydrogens (tertiary/aromatic N) is 1. The van der Waals surface area contributed by atoms with Crippen LogP contribution in [0.4, 0.5) is 5.69 Å². The van der Waals surface area contributed by atoms with Crippen LogP contribution in [0.15, 0.2) is 46.0 Å². The lowest BCUT2D eigenvalue weighted by atomic mass is 9.96. The molecule has 1 aliphatic rings. The summed E-state index contributed by atoms with van der Waals surface area (Å²) >= 11 is 1.17. The highest BCUT2D eigenvalue weighted by molar-refractivity contribution is 7.94. The minimum atomic E-state index is -3.55. The average molecular weight is 394 g/mol. The second-order valence-electron chi connectivity index (χ2n) is 6.47. The van der Waals surface area contributed by atoms with Crippen LogP contribution in [0.5, 0.6) is 0 Å². The molecule has 0 spiro atoms. The SMILES string of the molecule is NCC1CCN(C(=O)Cc2ccc(NS(=O)(=O)c3cccs3)cc2)CC1. The standard InChI is InChI=1S/C18H23N3O3S2/c19-13-15-7-9-21(10-8-15)17(22)12-14-3-5-16(6-4-14)20-26(23,24)18-2-1-11-25-18/h1-6,11,15,20H,7-10,12-13,19H2. The van der Waals surface area contributed by atoms with Crippen molar-refractivity contribution in [3.8, 4) is 0 Å². The van der Waals surface area contributed by atoms with Gasteiger partial charge in [-0.05, 0) is 54.4 Å². The summed E-state index contributed by atoms with van der Waals surface area (Å²) in [4.78, 5) is 14.3. The molecule has 1 amide bonds. The monoisotopic (exact) mass is 393 g/mol. The molecule has 3 N–H and O–H groups in total. The van der Waals surface area contributed by atoms with E-state index in [-0.39, 0.29) is 10.1 Å². The van der Waals surface area contributed by atoms with Gasteiger partial charge in [-0.2, -0.15) is 0 Å². The second kappa shape index (κ2) is 8.20. The van der Waals surface area contributed by atoms with Crippen molar-refractivity contribution < 1.29 is 13.2 Å². The number of hydrogen-bond donors (Lipinski definition) is 2. The average Bonchev–Trinajstić information content (AvgIpc) is 3.19. The number of nitrogens with one attached hydrogen (secondary N) is 1. The predicted octanol–water partition coefficient (Wildman–Crippen LogP) is 2.29. The van der Waals surface area contributed by atoms with Crippen LogP contribution in [0.2, 0.25) is 0 Å². The summed E-state index contributed by atoms with van der Waals surface area (Å²) in [6.45, 7) is 2.21. The highest BCUT2D eigenvalue weighted by Crippen LogP contribution is 2.21. The molecule has 0 atom stereocenters. The van der Waals surface area contributed by atoms with Crippen LogP contribution in [0.3, 0.4) is 0 Å². The number of nitrogens with two attached hydrogens (primary N) is 1. The Morgan fingerprint density at radius 3 is 2.46 bits per heavy atom. The van der Waals surface area contributed by atoms with E-state index >= 15 is 0 Å². The van der Waals surface area contributed by atoms with Crippen LogP contribution in [0, 0.1) is 5.92 Å². The van der Waals surface area contributed by atoms with Gasteiger partial charge in [0.2, 0.25) is 5.91 Å². The fourth-order valence-electron chi connectivity index (χ4n) is 3.02. The van der Waals surface area contributed by atoms with Gasteiger partial charge in [0.1, 0.15) is 4.21 Å². The third-order valence-electron chi connectivity index (χ3n) is 4.62. The summed E-state index contributed by atoms with van der Waals surface area (Å²) in [5.41, 5.74) is 7.04. The number of amides is 1. The van der Waals surface area contributed by atoms with Crippen LogP contribution in [0.25, 0.3) is 0 Å². The largest absolute Gasteiger partial charge is 0.342 e. The van der Waals surface area contributed by atoms with Crippen LogP contribution in [-0.4, -0.2) is 38.9 Å². The molecule has 2 heterocycles. The number of hydrogen-bond acceptors (Lipinski definition) is 5. The summed E-state index contributed by atoms with van der Waals surface area (Å²) in [6.07, 6.45) is 2.25. The lowest BCUT2D eigenvalue weighted by Crippen LogP contribution is -2.40. The maximum absolute atomic E-state index is 12.4. The molecule has 0 aliphatic carbocycles. The Morgan fingerprint density at radius 2 is 1.88 bits per heavy atom. The first-order valence-corrected chi connectivity index (χ1v) is 11.0.